The monoisotopic (exact) mass is 594 g/mol. The fourth-order valence-electron chi connectivity index (χ4n) is 4.14. The maximum Gasteiger partial charge on any atom is 0.407 e. The fraction of sp³-hybridized carbons (Fsp3) is 0.917. The van der Waals surface area contributed by atoms with E-state index in [9.17, 15) is 9.59 Å². The van der Waals surface area contributed by atoms with Gasteiger partial charge in [0.15, 0.2) is 8.32 Å². The first-order chi connectivity index (χ1) is 17.2. The number of unbranched alkanes of at least 4 members (excludes halogenated alkanes) is 2. The highest BCUT2D eigenvalue weighted by Crippen LogP contribution is 2.30. The predicted molar refractivity (Wildman–Crippen MR) is 158 cm³/mol. The van der Waals surface area contributed by atoms with Crippen LogP contribution in [0.4, 0.5) is 9.59 Å². The van der Waals surface area contributed by atoms with E-state index in [4.69, 9.17) is 21.8 Å². The van der Waals surface area contributed by atoms with Crippen molar-refractivity contribution < 1.29 is 31.4 Å². The summed E-state index contributed by atoms with van der Waals surface area (Å²) in [6, 6.07) is 1.17. The lowest BCUT2D eigenvalue weighted by molar-refractivity contribution is 0.0994. The van der Waals surface area contributed by atoms with Gasteiger partial charge in [-0.15, -0.1) is 0 Å². The van der Waals surface area contributed by atoms with E-state index in [0.717, 1.165) is 25.7 Å². The summed E-state index contributed by atoms with van der Waals surface area (Å²) in [5, 5.41) is 5.66. The molecule has 0 saturated carbocycles. The largest absolute Gasteiger partial charge is 0.446 e. The molecule has 3 atom stereocenters. The van der Waals surface area contributed by atoms with Crippen LogP contribution in [0.2, 0.25) is 51.4 Å². The van der Waals surface area contributed by atoms with E-state index in [2.05, 4.69) is 44.1 Å². The van der Waals surface area contributed by atoms with Crippen molar-refractivity contribution in [2.24, 2.45) is 0 Å². The summed E-state index contributed by atoms with van der Waals surface area (Å²) in [6.45, 7) is 21.8. The van der Waals surface area contributed by atoms with Crippen LogP contribution in [0.25, 0.3) is 0 Å². The second kappa shape index (κ2) is 18.6. The number of hydrogen-bond donors (Lipinski definition) is 2. The molecule has 2 amide bonds. The maximum atomic E-state index is 12.4. The van der Waals surface area contributed by atoms with Gasteiger partial charge in [0.1, 0.15) is 12.2 Å². The molecule has 0 aromatic rings. The molecular weight excluding hydrogens is 541 g/mol. The number of ether oxygens (including phenoxy) is 2. The van der Waals surface area contributed by atoms with Gasteiger partial charge in [0, 0.05) is 25.2 Å². The summed E-state index contributed by atoms with van der Waals surface area (Å²) >= 11 is 0. The molecular formula is C24H54N2O7Si4. The highest BCUT2D eigenvalue weighted by atomic mass is 28.5. The molecule has 9 nitrogen and oxygen atoms in total. The average Bonchev–Trinajstić information content (AvgIpc) is 2.77. The van der Waals surface area contributed by atoms with Crippen molar-refractivity contribution in [1.82, 2.24) is 10.6 Å². The van der Waals surface area contributed by atoms with Gasteiger partial charge in [0.2, 0.25) is 9.76 Å². The van der Waals surface area contributed by atoms with Crippen molar-refractivity contribution in [3.05, 3.63) is 0 Å². The highest BCUT2D eigenvalue weighted by Gasteiger charge is 2.46. The van der Waals surface area contributed by atoms with Crippen molar-refractivity contribution in [2.75, 3.05) is 13.1 Å². The van der Waals surface area contributed by atoms with Gasteiger partial charge in [-0.3, -0.25) is 0 Å². The quantitative estimate of drug-likeness (QED) is 0.126. The Morgan fingerprint density at radius 2 is 1.22 bits per heavy atom. The number of nitrogens with one attached hydrogen (secondary N) is 2. The van der Waals surface area contributed by atoms with Gasteiger partial charge in [0.25, 0.3) is 0 Å². The smallest absolute Gasteiger partial charge is 0.407 e. The molecule has 37 heavy (non-hydrogen) atoms. The summed E-state index contributed by atoms with van der Waals surface area (Å²) in [6.07, 6.45) is 3.90. The number of hydrogen-bond acceptors (Lipinski definition) is 7. The van der Waals surface area contributed by atoms with E-state index in [-0.39, 0.29) is 18.3 Å². The van der Waals surface area contributed by atoms with Crippen molar-refractivity contribution in [2.45, 2.75) is 130 Å². The minimum Gasteiger partial charge on any atom is -0.446 e. The molecule has 13 heteroatoms. The van der Waals surface area contributed by atoms with Crippen LogP contribution < -0.4 is 10.6 Å². The highest BCUT2D eigenvalue weighted by molar-refractivity contribution is 6.87. The van der Waals surface area contributed by atoms with Gasteiger partial charge < -0.3 is 32.5 Å². The molecule has 0 spiro atoms. The molecule has 0 aliphatic heterocycles. The van der Waals surface area contributed by atoms with Crippen LogP contribution in [-0.4, -0.2) is 72.7 Å². The number of carbonyl (C=O) groups excluding carboxylic acids is 2. The molecule has 3 unspecified atom stereocenters. The molecule has 0 aliphatic carbocycles. The zero-order valence-corrected chi connectivity index (χ0v) is 29.1. The Morgan fingerprint density at radius 1 is 0.757 bits per heavy atom. The normalized spacial score (nSPS) is 15.4. The average molecular weight is 595 g/mol. The topological polar surface area (TPSA) is 104 Å². The van der Waals surface area contributed by atoms with Crippen LogP contribution in [0.15, 0.2) is 0 Å². The second-order valence-corrected chi connectivity index (χ2v) is 22.9. The van der Waals surface area contributed by atoms with Crippen molar-refractivity contribution in [1.29, 1.82) is 0 Å². The lowest BCUT2D eigenvalue weighted by atomic mass is 10.3. The molecule has 0 bridgehead atoms. The Balaban J connectivity index is 5.54. The summed E-state index contributed by atoms with van der Waals surface area (Å²) in [5.74, 6) is 0. The zero-order chi connectivity index (χ0) is 28.5. The van der Waals surface area contributed by atoms with Gasteiger partial charge in [-0.1, -0.05) is 40.5 Å². The summed E-state index contributed by atoms with van der Waals surface area (Å²) in [7, 11) is -7.34. The molecule has 0 fully saturated rings. The molecule has 0 aromatic heterocycles. The molecule has 0 saturated heterocycles. The van der Waals surface area contributed by atoms with Crippen LogP contribution in [-0.2, 0) is 21.8 Å². The molecule has 0 aliphatic rings. The zero-order valence-electron chi connectivity index (χ0n) is 25.1. The van der Waals surface area contributed by atoms with Crippen molar-refractivity contribution >= 4 is 47.4 Å². The minimum absolute atomic E-state index is 0.234. The van der Waals surface area contributed by atoms with E-state index in [0.29, 0.717) is 47.8 Å². The minimum atomic E-state index is -2.85. The fourth-order valence-corrected chi connectivity index (χ4v) is 19.7. The predicted octanol–water partition coefficient (Wildman–Crippen LogP) is 6.29. The van der Waals surface area contributed by atoms with E-state index >= 15 is 0 Å². The molecule has 218 valence electrons. The van der Waals surface area contributed by atoms with Crippen molar-refractivity contribution in [3.8, 4) is 0 Å². The van der Waals surface area contributed by atoms with Crippen LogP contribution in [0.3, 0.4) is 0 Å². The molecule has 0 rings (SSSR count). The Bertz CT molecular complexity index is 659. The van der Waals surface area contributed by atoms with Gasteiger partial charge >= 0.3 is 29.3 Å². The standard InChI is InChI=1S/C24H54N2O7Si4/c1-11-15-17-25-23(27)29-21(13-3)19-35(6,7)32-37(10,33-36(8,9)31-34-5)20-22(14-4)30-24(28)26-18-16-12-2/h21-22H,11-20H2,1-10H3,(H,25,27)(H,26,28). The Morgan fingerprint density at radius 3 is 1.62 bits per heavy atom. The lowest BCUT2D eigenvalue weighted by Gasteiger charge is -2.42. The first-order valence-electron chi connectivity index (χ1n) is 13.9. The summed E-state index contributed by atoms with van der Waals surface area (Å²) < 4.78 is 31.2. The molecule has 2 radical (unpaired) electrons. The summed E-state index contributed by atoms with van der Waals surface area (Å²) in [4.78, 5) is 24.6. The number of carbonyl (C=O) groups is 2. The summed E-state index contributed by atoms with van der Waals surface area (Å²) in [5.41, 5.74) is 0. The maximum absolute atomic E-state index is 12.4. The van der Waals surface area contributed by atoms with Gasteiger partial charge in [-0.2, -0.15) is 0 Å². The Labute approximate surface area is 232 Å². The van der Waals surface area contributed by atoms with Crippen LogP contribution in [0.1, 0.15) is 66.2 Å². The van der Waals surface area contributed by atoms with Crippen LogP contribution >= 0.6 is 0 Å². The van der Waals surface area contributed by atoms with Gasteiger partial charge in [-0.25, -0.2) is 9.59 Å². The third kappa shape index (κ3) is 17.5. The lowest BCUT2D eigenvalue weighted by Crippen LogP contribution is -2.57. The molecule has 2 N–H and O–H groups in total. The third-order valence-electron chi connectivity index (χ3n) is 5.68. The Hall–Kier alpha value is -0.712. The van der Waals surface area contributed by atoms with Crippen LogP contribution in [0.5, 0.6) is 0 Å². The SMILES string of the molecule is CCCCNC(=O)OC(CC)C[Si](C)(C)O[Si](C)(CC(CC)OC(=O)NCCCC)O[Si](C)(C)O[Si]C. The van der Waals surface area contributed by atoms with E-state index in [1.54, 1.807) is 0 Å². The first-order valence-corrected chi connectivity index (χ1v) is 23.8. The van der Waals surface area contributed by atoms with E-state index in [1.807, 2.05) is 33.5 Å². The third-order valence-corrected chi connectivity index (χ3v) is 18.7. The van der Waals surface area contributed by atoms with Gasteiger partial charge in [-0.05, 0) is 65.0 Å². The number of alkyl carbamates (subject to hydrolysis) is 2. The van der Waals surface area contributed by atoms with E-state index < -0.39 is 31.5 Å². The second-order valence-electron chi connectivity index (χ2n) is 10.6. The molecule has 0 heterocycles. The van der Waals surface area contributed by atoms with Gasteiger partial charge in [0.05, 0.1) is 0 Å². The van der Waals surface area contributed by atoms with E-state index in [1.165, 1.54) is 0 Å². The first kappa shape index (κ1) is 36.3. The number of amides is 2. The number of rotatable bonds is 20. The van der Waals surface area contributed by atoms with Crippen molar-refractivity contribution in [3.63, 3.8) is 0 Å². The molecule has 0 aromatic carbocycles. The van der Waals surface area contributed by atoms with Crippen LogP contribution in [0, 0.1) is 0 Å². The Kier molecular flexibility index (Phi) is 18.2.